The van der Waals surface area contributed by atoms with Crippen LogP contribution >= 0.6 is 0 Å². The molecule has 116 valence electrons. The lowest BCUT2D eigenvalue weighted by atomic mass is 10.1. The molecular weight excluding hydrogens is 296 g/mol. The smallest absolute Gasteiger partial charge is 0.422 e. The number of hydrogen-bond acceptors (Lipinski definition) is 5. The van der Waals surface area contributed by atoms with Gasteiger partial charge in [0, 0.05) is 12.6 Å². The largest absolute Gasteiger partial charge is 0.446 e. The second-order valence-electron chi connectivity index (χ2n) is 4.46. The van der Waals surface area contributed by atoms with Crippen LogP contribution in [0.25, 0.3) is 0 Å². The van der Waals surface area contributed by atoms with Crippen LogP contribution in [0, 0.1) is 5.41 Å². The van der Waals surface area contributed by atoms with Gasteiger partial charge in [-0.25, -0.2) is 9.52 Å². The molecule has 0 aliphatic heterocycles. The standard InChI is InChI=1S/C12H18N4O4S/c1-8(2)20-12(17)15-21(18,19)16(3)10-7-5-4-6-9(10)11(13)14/h4-8H,1-3H3,(H3,13,14)(H,15,17). The molecule has 0 bridgehead atoms. The number of carbonyl (C=O) groups excluding carboxylic acids is 1. The second kappa shape index (κ2) is 6.44. The number of ether oxygens (including phenoxy) is 1. The number of hydrogen-bond donors (Lipinski definition) is 3. The maximum atomic E-state index is 12.1. The van der Waals surface area contributed by atoms with E-state index in [1.165, 1.54) is 19.2 Å². The Balaban J connectivity index is 3.04. The molecule has 1 aromatic carbocycles. The van der Waals surface area contributed by atoms with Crippen molar-refractivity contribution < 1.29 is 17.9 Å². The molecule has 0 aliphatic carbocycles. The first-order valence-corrected chi connectivity index (χ1v) is 7.50. The summed E-state index contributed by atoms with van der Waals surface area (Å²) in [6.45, 7) is 3.20. The third-order valence-corrected chi connectivity index (χ3v) is 3.79. The van der Waals surface area contributed by atoms with Gasteiger partial charge in [0.05, 0.1) is 11.8 Å². The summed E-state index contributed by atoms with van der Waals surface area (Å²) in [7, 11) is -2.91. The fraction of sp³-hybridized carbons (Fsp3) is 0.333. The van der Waals surface area contributed by atoms with Crippen LogP contribution in [0.1, 0.15) is 19.4 Å². The van der Waals surface area contributed by atoms with Crippen LogP contribution in [0.5, 0.6) is 0 Å². The number of nitrogen functional groups attached to an aromatic ring is 1. The Morgan fingerprint density at radius 2 is 1.95 bits per heavy atom. The van der Waals surface area contributed by atoms with Crippen LogP contribution < -0.4 is 14.8 Å². The van der Waals surface area contributed by atoms with E-state index in [1.54, 1.807) is 30.7 Å². The Bertz CT molecular complexity index is 642. The van der Waals surface area contributed by atoms with Crippen LogP contribution in [0.3, 0.4) is 0 Å². The first-order chi connectivity index (χ1) is 9.65. The fourth-order valence-electron chi connectivity index (χ4n) is 1.52. The van der Waals surface area contributed by atoms with Crippen molar-refractivity contribution in [1.29, 1.82) is 5.41 Å². The first kappa shape index (κ1) is 16.8. The molecule has 0 heterocycles. The molecule has 0 spiro atoms. The monoisotopic (exact) mass is 314 g/mol. The van der Waals surface area contributed by atoms with Gasteiger partial charge in [0.1, 0.15) is 5.84 Å². The molecule has 1 rings (SSSR count). The summed E-state index contributed by atoms with van der Waals surface area (Å²) in [5.41, 5.74) is 5.83. The van der Waals surface area contributed by atoms with E-state index in [1.807, 2.05) is 0 Å². The maximum Gasteiger partial charge on any atom is 0.422 e. The zero-order chi connectivity index (χ0) is 16.2. The fourth-order valence-corrected chi connectivity index (χ4v) is 2.33. The lowest BCUT2D eigenvalue weighted by molar-refractivity contribution is 0.121. The van der Waals surface area contributed by atoms with Crippen molar-refractivity contribution in [3.05, 3.63) is 29.8 Å². The maximum absolute atomic E-state index is 12.1. The van der Waals surface area contributed by atoms with Gasteiger partial charge in [0.2, 0.25) is 0 Å². The predicted molar refractivity (Wildman–Crippen MR) is 79.5 cm³/mol. The summed E-state index contributed by atoms with van der Waals surface area (Å²) in [4.78, 5) is 11.4. The molecule has 4 N–H and O–H groups in total. The number of amides is 1. The van der Waals surface area contributed by atoms with E-state index < -0.39 is 22.4 Å². The van der Waals surface area contributed by atoms with Crippen molar-refractivity contribution in [2.24, 2.45) is 5.73 Å². The average Bonchev–Trinajstić information content (AvgIpc) is 2.35. The van der Waals surface area contributed by atoms with Gasteiger partial charge in [-0.1, -0.05) is 12.1 Å². The van der Waals surface area contributed by atoms with Crippen molar-refractivity contribution in [1.82, 2.24) is 4.72 Å². The number of anilines is 1. The molecule has 8 nitrogen and oxygen atoms in total. The highest BCUT2D eigenvalue weighted by Crippen LogP contribution is 2.20. The van der Waals surface area contributed by atoms with E-state index >= 15 is 0 Å². The quantitative estimate of drug-likeness (QED) is 0.547. The normalized spacial score (nSPS) is 11.0. The number of nitrogens with one attached hydrogen (secondary N) is 2. The molecule has 1 aromatic rings. The zero-order valence-electron chi connectivity index (χ0n) is 12.0. The molecule has 0 saturated heterocycles. The van der Waals surface area contributed by atoms with E-state index in [-0.39, 0.29) is 17.1 Å². The van der Waals surface area contributed by atoms with Gasteiger partial charge in [-0.15, -0.1) is 0 Å². The number of nitrogens with zero attached hydrogens (tertiary/aromatic N) is 1. The van der Waals surface area contributed by atoms with Gasteiger partial charge in [-0.05, 0) is 26.0 Å². The Hall–Kier alpha value is -2.29. The van der Waals surface area contributed by atoms with Crippen LogP contribution in [0.15, 0.2) is 24.3 Å². The minimum atomic E-state index is -4.16. The minimum absolute atomic E-state index is 0.176. The number of amidine groups is 1. The Morgan fingerprint density at radius 1 is 1.38 bits per heavy atom. The average molecular weight is 314 g/mol. The van der Waals surface area contributed by atoms with Crippen molar-refractivity contribution in [3.63, 3.8) is 0 Å². The van der Waals surface area contributed by atoms with Crippen LogP contribution in [0.4, 0.5) is 10.5 Å². The molecule has 0 aliphatic rings. The molecule has 0 saturated carbocycles. The van der Waals surface area contributed by atoms with Crippen molar-refractivity contribution in [2.75, 3.05) is 11.4 Å². The van der Waals surface area contributed by atoms with E-state index in [0.29, 0.717) is 0 Å². The van der Waals surface area contributed by atoms with Crippen molar-refractivity contribution in [3.8, 4) is 0 Å². The van der Waals surface area contributed by atoms with Crippen LogP contribution in [-0.4, -0.2) is 33.5 Å². The van der Waals surface area contributed by atoms with Crippen LogP contribution in [-0.2, 0) is 14.9 Å². The lowest BCUT2D eigenvalue weighted by Gasteiger charge is -2.22. The second-order valence-corrected chi connectivity index (χ2v) is 6.16. The third-order valence-electron chi connectivity index (χ3n) is 2.45. The van der Waals surface area contributed by atoms with Gasteiger partial charge in [0.15, 0.2) is 0 Å². The highest BCUT2D eigenvalue weighted by Gasteiger charge is 2.24. The molecule has 0 atom stereocenters. The SMILES string of the molecule is CC(C)OC(=O)NS(=O)(=O)N(C)c1ccccc1C(=N)N. The molecule has 0 fully saturated rings. The van der Waals surface area contributed by atoms with Gasteiger partial charge in [-0.3, -0.25) is 9.71 Å². The molecular formula is C12H18N4O4S. The van der Waals surface area contributed by atoms with Gasteiger partial charge in [-0.2, -0.15) is 8.42 Å². The van der Waals surface area contributed by atoms with Gasteiger partial charge in [0.25, 0.3) is 0 Å². The zero-order valence-corrected chi connectivity index (χ0v) is 12.8. The Morgan fingerprint density at radius 3 is 2.48 bits per heavy atom. The summed E-state index contributed by atoms with van der Waals surface area (Å²) in [5.74, 6) is -0.280. The van der Waals surface area contributed by atoms with E-state index in [0.717, 1.165) is 4.31 Å². The highest BCUT2D eigenvalue weighted by molar-refractivity contribution is 7.91. The summed E-state index contributed by atoms with van der Waals surface area (Å²) in [6, 6.07) is 6.21. The van der Waals surface area contributed by atoms with Crippen LogP contribution in [0.2, 0.25) is 0 Å². The Labute approximate surface area is 123 Å². The van der Waals surface area contributed by atoms with Crippen molar-refractivity contribution >= 4 is 27.8 Å². The highest BCUT2D eigenvalue weighted by atomic mass is 32.2. The van der Waals surface area contributed by atoms with E-state index in [4.69, 9.17) is 15.9 Å². The number of carbonyl (C=O) groups is 1. The van der Waals surface area contributed by atoms with Crippen molar-refractivity contribution in [2.45, 2.75) is 20.0 Å². The number of rotatable bonds is 5. The Kier molecular flexibility index (Phi) is 5.14. The summed E-state index contributed by atoms with van der Waals surface area (Å²) in [5, 5.41) is 7.45. The number of para-hydroxylation sites is 1. The molecule has 0 radical (unpaired) electrons. The molecule has 0 aromatic heterocycles. The minimum Gasteiger partial charge on any atom is -0.446 e. The topological polar surface area (TPSA) is 126 Å². The lowest BCUT2D eigenvalue weighted by Crippen LogP contribution is -2.43. The molecule has 21 heavy (non-hydrogen) atoms. The molecule has 9 heteroatoms. The third kappa shape index (κ3) is 4.35. The molecule has 1 amide bonds. The van der Waals surface area contributed by atoms with Gasteiger partial charge >= 0.3 is 16.3 Å². The summed E-state index contributed by atoms with van der Waals surface area (Å²) < 4.78 is 31.5. The number of nitrogens with two attached hydrogens (primary N) is 1. The van der Waals surface area contributed by atoms with Gasteiger partial charge < -0.3 is 10.5 Å². The number of benzene rings is 1. The molecule has 0 unspecified atom stereocenters. The summed E-state index contributed by atoms with van der Waals surface area (Å²) >= 11 is 0. The van der Waals surface area contributed by atoms with E-state index in [9.17, 15) is 13.2 Å². The summed E-state index contributed by atoms with van der Waals surface area (Å²) in [6.07, 6.45) is -1.52. The first-order valence-electron chi connectivity index (χ1n) is 6.06. The predicted octanol–water partition coefficient (Wildman–Crippen LogP) is 0.786. The van der Waals surface area contributed by atoms with E-state index in [2.05, 4.69) is 0 Å².